The molecule has 4 rings (SSSR count). The topological polar surface area (TPSA) is 69.0 Å². The second-order valence-corrected chi connectivity index (χ2v) is 7.50. The molecule has 140 valence electrons. The zero-order chi connectivity index (χ0) is 19.1. The van der Waals surface area contributed by atoms with Crippen molar-refractivity contribution in [3.05, 3.63) is 46.7 Å². The number of hydrogen-bond donors (Lipinski definition) is 1. The summed E-state index contributed by atoms with van der Waals surface area (Å²) in [7, 11) is 1.55. The van der Waals surface area contributed by atoms with Gasteiger partial charge in [0.15, 0.2) is 5.65 Å². The molecule has 2 heterocycles. The van der Waals surface area contributed by atoms with Gasteiger partial charge in [-0.25, -0.2) is 9.67 Å². The first-order valence-electron chi connectivity index (χ1n) is 9.01. The van der Waals surface area contributed by atoms with Crippen molar-refractivity contribution in [2.75, 3.05) is 12.4 Å². The van der Waals surface area contributed by atoms with Crippen LogP contribution in [0.5, 0.6) is 5.75 Å². The number of nitrogens with zero attached hydrogens (tertiary/aromatic N) is 3. The summed E-state index contributed by atoms with van der Waals surface area (Å²) in [5.74, 6) is 0.802. The second-order valence-electron chi connectivity index (χ2n) is 7.09. The van der Waals surface area contributed by atoms with E-state index >= 15 is 0 Å². The van der Waals surface area contributed by atoms with Crippen LogP contribution in [0.1, 0.15) is 54.7 Å². The quantitative estimate of drug-likeness (QED) is 0.685. The predicted molar refractivity (Wildman–Crippen MR) is 106 cm³/mol. The van der Waals surface area contributed by atoms with E-state index in [2.05, 4.69) is 24.3 Å². The monoisotopic (exact) mass is 384 g/mol. The SMILES string of the molecule is COc1ccc(NC(=O)c2cc(C3CC3)nc3c2cnn3C(C)C)cc1Cl. The molecule has 1 aromatic carbocycles. The molecule has 1 amide bonds. The summed E-state index contributed by atoms with van der Waals surface area (Å²) in [5, 5.41) is 8.56. The Balaban J connectivity index is 1.73. The van der Waals surface area contributed by atoms with Gasteiger partial charge in [-0.15, -0.1) is 0 Å². The van der Waals surface area contributed by atoms with E-state index in [0.29, 0.717) is 27.9 Å². The number of benzene rings is 1. The molecule has 0 bridgehead atoms. The summed E-state index contributed by atoms with van der Waals surface area (Å²) in [4.78, 5) is 17.8. The summed E-state index contributed by atoms with van der Waals surface area (Å²) >= 11 is 6.17. The van der Waals surface area contributed by atoms with Gasteiger partial charge in [-0.1, -0.05) is 11.6 Å². The van der Waals surface area contributed by atoms with Crippen LogP contribution in [0.25, 0.3) is 11.0 Å². The number of hydrogen-bond acceptors (Lipinski definition) is 4. The molecule has 0 radical (unpaired) electrons. The number of ether oxygens (including phenoxy) is 1. The standard InChI is InChI=1S/C20H21ClN4O2/c1-11(2)25-19-15(10-22-25)14(9-17(24-19)12-4-5-12)20(26)23-13-6-7-18(27-3)16(21)8-13/h6-12H,4-5H2,1-3H3,(H,23,26). The van der Waals surface area contributed by atoms with E-state index in [1.54, 1.807) is 31.5 Å². The number of rotatable bonds is 5. The van der Waals surface area contributed by atoms with E-state index in [-0.39, 0.29) is 11.9 Å². The molecule has 0 spiro atoms. The number of pyridine rings is 1. The average Bonchev–Trinajstić information content (AvgIpc) is 3.39. The normalized spacial score (nSPS) is 14.0. The predicted octanol–water partition coefficient (Wildman–Crippen LogP) is 4.80. The molecule has 1 aliphatic carbocycles. The summed E-state index contributed by atoms with van der Waals surface area (Å²) in [6.07, 6.45) is 3.95. The number of amides is 1. The maximum Gasteiger partial charge on any atom is 0.256 e. The lowest BCUT2D eigenvalue weighted by atomic mass is 10.1. The van der Waals surface area contributed by atoms with Crippen molar-refractivity contribution < 1.29 is 9.53 Å². The molecule has 3 aromatic rings. The second kappa shape index (κ2) is 6.85. The van der Waals surface area contributed by atoms with E-state index in [1.807, 2.05) is 10.7 Å². The maximum absolute atomic E-state index is 13.0. The molecule has 7 heteroatoms. The van der Waals surface area contributed by atoms with Gasteiger partial charge in [0.2, 0.25) is 0 Å². The van der Waals surface area contributed by atoms with Crippen molar-refractivity contribution in [3.63, 3.8) is 0 Å². The first-order chi connectivity index (χ1) is 13.0. The first kappa shape index (κ1) is 17.8. The minimum atomic E-state index is -0.200. The van der Waals surface area contributed by atoms with Crippen LogP contribution in [0, 0.1) is 0 Å². The molecule has 0 unspecified atom stereocenters. The van der Waals surface area contributed by atoms with Crippen LogP contribution >= 0.6 is 11.6 Å². The lowest BCUT2D eigenvalue weighted by molar-refractivity contribution is 0.102. The molecule has 1 fully saturated rings. The third-order valence-electron chi connectivity index (χ3n) is 4.73. The van der Waals surface area contributed by atoms with Gasteiger partial charge in [0.05, 0.1) is 29.3 Å². The molecular weight excluding hydrogens is 364 g/mol. The number of anilines is 1. The van der Waals surface area contributed by atoms with Gasteiger partial charge in [0.1, 0.15) is 5.75 Å². The Morgan fingerprint density at radius 3 is 2.74 bits per heavy atom. The third-order valence-corrected chi connectivity index (χ3v) is 5.02. The summed E-state index contributed by atoms with van der Waals surface area (Å²) in [5.41, 5.74) is 2.91. The van der Waals surface area contributed by atoms with Gasteiger partial charge in [-0.05, 0) is 51.0 Å². The lowest BCUT2D eigenvalue weighted by Gasteiger charge is -2.11. The van der Waals surface area contributed by atoms with Crippen molar-refractivity contribution in [2.24, 2.45) is 0 Å². The Morgan fingerprint density at radius 1 is 1.33 bits per heavy atom. The molecular formula is C20H21ClN4O2. The molecule has 1 saturated carbocycles. The molecule has 2 aromatic heterocycles. The van der Waals surface area contributed by atoms with Crippen molar-refractivity contribution >= 4 is 34.2 Å². The van der Waals surface area contributed by atoms with E-state index in [9.17, 15) is 4.79 Å². The van der Waals surface area contributed by atoms with Gasteiger partial charge < -0.3 is 10.1 Å². The molecule has 6 nitrogen and oxygen atoms in total. The number of nitrogens with one attached hydrogen (secondary N) is 1. The van der Waals surface area contributed by atoms with Gasteiger partial charge in [-0.3, -0.25) is 4.79 Å². The maximum atomic E-state index is 13.0. The van der Waals surface area contributed by atoms with Gasteiger partial charge in [-0.2, -0.15) is 5.10 Å². The highest BCUT2D eigenvalue weighted by Gasteiger charge is 2.28. The van der Waals surface area contributed by atoms with Crippen molar-refractivity contribution in [2.45, 2.75) is 38.6 Å². The molecule has 27 heavy (non-hydrogen) atoms. The Bertz CT molecular complexity index is 1020. The Hall–Kier alpha value is -2.60. The van der Waals surface area contributed by atoms with Crippen LogP contribution in [0.15, 0.2) is 30.5 Å². The average molecular weight is 385 g/mol. The molecule has 0 atom stereocenters. The van der Waals surface area contributed by atoms with Gasteiger partial charge >= 0.3 is 0 Å². The zero-order valence-electron chi connectivity index (χ0n) is 15.5. The number of carbonyl (C=O) groups is 1. The Labute approximate surface area is 162 Å². The minimum Gasteiger partial charge on any atom is -0.495 e. The van der Waals surface area contributed by atoms with Crippen molar-refractivity contribution in [3.8, 4) is 5.75 Å². The summed E-state index contributed by atoms with van der Waals surface area (Å²) in [6.45, 7) is 4.11. The fourth-order valence-electron chi connectivity index (χ4n) is 3.13. The minimum absolute atomic E-state index is 0.167. The van der Waals surface area contributed by atoms with Crippen LogP contribution in [-0.4, -0.2) is 27.8 Å². The highest BCUT2D eigenvalue weighted by Crippen LogP contribution is 2.40. The first-order valence-corrected chi connectivity index (χ1v) is 9.38. The van der Waals surface area contributed by atoms with Gasteiger partial charge in [0, 0.05) is 23.3 Å². The fourth-order valence-corrected chi connectivity index (χ4v) is 3.39. The van der Waals surface area contributed by atoms with E-state index < -0.39 is 0 Å². The Kier molecular flexibility index (Phi) is 4.52. The Morgan fingerprint density at radius 2 is 2.11 bits per heavy atom. The van der Waals surface area contributed by atoms with Gasteiger partial charge in [0.25, 0.3) is 5.91 Å². The molecule has 0 aliphatic heterocycles. The fraction of sp³-hybridized carbons (Fsp3) is 0.350. The molecule has 0 saturated heterocycles. The van der Waals surface area contributed by atoms with Crippen LogP contribution < -0.4 is 10.1 Å². The lowest BCUT2D eigenvalue weighted by Crippen LogP contribution is -2.14. The number of methoxy groups -OCH3 is 1. The van der Waals surface area contributed by atoms with Crippen LogP contribution in [-0.2, 0) is 0 Å². The number of carbonyl (C=O) groups excluding carboxylic acids is 1. The number of aromatic nitrogens is 3. The van der Waals surface area contributed by atoms with Crippen LogP contribution in [0.2, 0.25) is 5.02 Å². The summed E-state index contributed by atoms with van der Waals surface area (Å²) < 4.78 is 7.02. The van der Waals surface area contributed by atoms with E-state index in [4.69, 9.17) is 21.3 Å². The van der Waals surface area contributed by atoms with Crippen molar-refractivity contribution in [1.29, 1.82) is 0 Å². The number of fused-ring (bicyclic) bond motifs is 1. The molecule has 1 N–H and O–H groups in total. The molecule has 1 aliphatic rings. The highest BCUT2D eigenvalue weighted by molar-refractivity contribution is 6.32. The van der Waals surface area contributed by atoms with Crippen molar-refractivity contribution in [1.82, 2.24) is 14.8 Å². The number of halogens is 1. The third kappa shape index (κ3) is 3.37. The van der Waals surface area contributed by atoms with Crippen LogP contribution in [0.4, 0.5) is 5.69 Å². The van der Waals surface area contributed by atoms with Crippen LogP contribution in [0.3, 0.4) is 0 Å². The zero-order valence-corrected chi connectivity index (χ0v) is 16.2. The van der Waals surface area contributed by atoms with E-state index in [1.165, 1.54) is 0 Å². The van der Waals surface area contributed by atoms with E-state index in [0.717, 1.165) is 29.6 Å². The summed E-state index contributed by atoms with van der Waals surface area (Å²) in [6, 6.07) is 7.23. The highest BCUT2D eigenvalue weighted by atomic mass is 35.5. The smallest absolute Gasteiger partial charge is 0.256 e. The largest absolute Gasteiger partial charge is 0.495 e.